The van der Waals surface area contributed by atoms with E-state index in [2.05, 4.69) is 20.3 Å². The van der Waals surface area contributed by atoms with Crippen LogP contribution in [0.5, 0.6) is 0 Å². The number of aromatic nitrogens is 3. The lowest BCUT2D eigenvalue weighted by molar-refractivity contribution is 0.582. The number of furan rings is 1. The molecule has 4 aromatic rings. The van der Waals surface area contributed by atoms with Gasteiger partial charge in [-0.1, -0.05) is 23.5 Å². The molecule has 0 spiro atoms. The molecule has 0 aliphatic heterocycles. The molecule has 4 rings (SSSR count). The second-order valence-corrected chi connectivity index (χ2v) is 8.16. The Morgan fingerprint density at radius 3 is 2.56 bits per heavy atom. The predicted octanol–water partition coefficient (Wildman–Crippen LogP) is 2.19. The summed E-state index contributed by atoms with van der Waals surface area (Å²) in [5.41, 5.74) is 7.36. The Kier molecular flexibility index (Phi) is 4.26. The fourth-order valence-corrected chi connectivity index (χ4v) is 3.84. The van der Waals surface area contributed by atoms with Gasteiger partial charge in [-0.25, -0.2) is 23.5 Å². The van der Waals surface area contributed by atoms with Gasteiger partial charge in [-0.15, -0.1) is 0 Å². The number of hydrogen-bond donors (Lipinski definition) is 3. The van der Waals surface area contributed by atoms with E-state index >= 15 is 0 Å². The Morgan fingerprint density at radius 1 is 1.11 bits per heavy atom. The van der Waals surface area contributed by atoms with Gasteiger partial charge >= 0.3 is 0 Å². The number of nitrogens with two attached hydrogens (primary N) is 2. The lowest BCUT2D eigenvalue weighted by Crippen LogP contribution is -2.12. The molecule has 0 atom stereocenters. The topological polar surface area (TPSA) is 150 Å². The number of sulfonamides is 1. The van der Waals surface area contributed by atoms with Crippen molar-refractivity contribution in [2.75, 3.05) is 11.1 Å². The molecule has 0 amide bonds. The van der Waals surface area contributed by atoms with Crippen LogP contribution in [0.3, 0.4) is 0 Å². The number of nitrogens with one attached hydrogen (secondary N) is 1. The molecule has 0 bridgehead atoms. The maximum absolute atomic E-state index is 11.3. The van der Waals surface area contributed by atoms with Crippen molar-refractivity contribution < 1.29 is 12.8 Å². The summed E-state index contributed by atoms with van der Waals surface area (Å²) >= 11 is 1.35. The van der Waals surface area contributed by atoms with Crippen molar-refractivity contribution in [1.29, 1.82) is 0 Å². The van der Waals surface area contributed by atoms with E-state index in [4.69, 9.17) is 15.3 Å². The minimum absolute atomic E-state index is 0.0586. The van der Waals surface area contributed by atoms with Gasteiger partial charge in [-0.2, -0.15) is 4.98 Å². The summed E-state index contributed by atoms with van der Waals surface area (Å²) in [6.07, 6.45) is 1.57. The van der Waals surface area contributed by atoms with Gasteiger partial charge < -0.3 is 15.5 Å². The second kappa shape index (κ2) is 6.61. The Morgan fingerprint density at radius 2 is 1.89 bits per heavy atom. The van der Waals surface area contributed by atoms with Gasteiger partial charge in [-0.05, 0) is 29.8 Å². The fourth-order valence-electron chi connectivity index (χ4n) is 2.41. The first-order valence-electron chi connectivity index (χ1n) is 7.74. The Hall–Kier alpha value is -3.02. The van der Waals surface area contributed by atoms with Crippen LogP contribution in [0, 0.1) is 0 Å². The summed E-state index contributed by atoms with van der Waals surface area (Å²) in [4.78, 5) is 13.8. The van der Waals surface area contributed by atoms with Crippen LogP contribution in [0.15, 0.2) is 52.0 Å². The molecule has 0 radical (unpaired) electrons. The first-order chi connectivity index (χ1) is 12.9. The lowest BCUT2D eigenvalue weighted by Gasteiger charge is -2.06. The molecule has 1 aromatic carbocycles. The summed E-state index contributed by atoms with van der Waals surface area (Å²) in [7, 11) is -3.71. The summed E-state index contributed by atoms with van der Waals surface area (Å²) in [6.45, 7) is 0.389. The summed E-state index contributed by atoms with van der Waals surface area (Å²) < 4.78 is 27.9. The van der Waals surface area contributed by atoms with Crippen LogP contribution in [-0.2, 0) is 16.6 Å². The molecule has 27 heavy (non-hydrogen) atoms. The van der Waals surface area contributed by atoms with Crippen molar-refractivity contribution in [3.63, 3.8) is 0 Å². The maximum Gasteiger partial charge on any atom is 0.238 e. The molecule has 5 N–H and O–H groups in total. The van der Waals surface area contributed by atoms with Crippen LogP contribution in [0.4, 0.5) is 11.8 Å². The van der Waals surface area contributed by atoms with Crippen LogP contribution in [0.25, 0.3) is 21.1 Å². The van der Waals surface area contributed by atoms with Crippen molar-refractivity contribution in [2.24, 2.45) is 5.14 Å². The lowest BCUT2D eigenvalue weighted by atomic mass is 10.2. The second-order valence-electron chi connectivity index (χ2n) is 5.63. The highest BCUT2D eigenvalue weighted by Crippen LogP contribution is 2.31. The molecular weight excluding hydrogens is 388 g/mol. The molecule has 3 aromatic heterocycles. The number of nitrogen functional groups attached to an aromatic ring is 1. The molecule has 0 fully saturated rings. The van der Waals surface area contributed by atoms with Crippen molar-refractivity contribution in [2.45, 2.75) is 11.4 Å². The molecule has 0 unspecified atom stereocenters. The van der Waals surface area contributed by atoms with Gasteiger partial charge in [0.15, 0.2) is 21.4 Å². The monoisotopic (exact) mass is 402 g/mol. The van der Waals surface area contributed by atoms with Crippen LogP contribution in [0.2, 0.25) is 0 Å². The minimum atomic E-state index is -3.71. The molecule has 0 aliphatic carbocycles. The zero-order valence-electron chi connectivity index (χ0n) is 13.8. The number of fused-ring (bicyclic) bond motifs is 1. The van der Waals surface area contributed by atoms with Crippen molar-refractivity contribution in [3.8, 4) is 10.8 Å². The molecular formula is C16H14N6O3S2. The zero-order chi connectivity index (χ0) is 19.0. The van der Waals surface area contributed by atoms with Crippen LogP contribution >= 0.6 is 11.3 Å². The van der Waals surface area contributed by atoms with Crippen molar-refractivity contribution in [3.05, 3.63) is 48.2 Å². The third kappa shape index (κ3) is 3.60. The average molecular weight is 402 g/mol. The molecule has 0 saturated carbocycles. The van der Waals surface area contributed by atoms with Crippen molar-refractivity contribution >= 4 is 43.5 Å². The number of anilines is 2. The standard InChI is InChI=1S/C16H14N6O3S2/c17-13-12-15(26-14(20-12)11-2-1-7-25-11)22-16(21-13)19-8-9-3-5-10(6-4-9)27(18,23)24/h1-7H,8H2,(H2,18,23,24)(H3,17,19,21,22). The highest BCUT2D eigenvalue weighted by molar-refractivity contribution is 7.89. The first-order valence-corrected chi connectivity index (χ1v) is 10.1. The number of rotatable bonds is 5. The fraction of sp³-hybridized carbons (Fsp3) is 0.0625. The van der Waals surface area contributed by atoms with E-state index in [0.717, 1.165) is 5.56 Å². The SMILES string of the molecule is Nc1nc(NCc2ccc(S(N)(=O)=O)cc2)nc2sc(-c3ccco3)nc12. The van der Waals surface area contributed by atoms with E-state index in [1.807, 2.05) is 6.07 Å². The first kappa shape index (κ1) is 17.4. The van der Waals surface area contributed by atoms with Crippen LogP contribution in [0.1, 0.15) is 5.56 Å². The molecule has 3 heterocycles. The number of hydrogen-bond acceptors (Lipinski definition) is 9. The molecule has 9 nitrogen and oxygen atoms in total. The van der Waals surface area contributed by atoms with Gasteiger partial charge in [0.25, 0.3) is 0 Å². The average Bonchev–Trinajstić information content (AvgIpc) is 3.29. The largest absolute Gasteiger partial charge is 0.462 e. The molecule has 0 saturated heterocycles. The van der Waals surface area contributed by atoms with Gasteiger partial charge in [0.2, 0.25) is 16.0 Å². The molecule has 11 heteroatoms. The summed E-state index contributed by atoms with van der Waals surface area (Å²) in [5.74, 6) is 1.26. The normalized spacial score (nSPS) is 11.7. The van der Waals surface area contributed by atoms with Crippen LogP contribution < -0.4 is 16.2 Å². The highest BCUT2D eigenvalue weighted by atomic mass is 32.2. The quantitative estimate of drug-likeness (QED) is 0.460. The van der Waals surface area contributed by atoms with Crippen molar-refractivity contribution in [1.82, 2.24) is 15.0 Å². The number of thiazole rings is 1. The van der Waals surface area contributed by atoms with E-state index < -0.39 is 10.0 Å². The van der Waals surface area contributed by atoms with Crippen LogP contribution in [-0.4, -0.2) is 23.4 Å². The third-order valence-corrected chi connectivity index (χ3v) is 5.61. The molecule has 0 aliphatic rings. The Bertz CT molecular complexity index is 1200. The smallest absolute Gasteiger partial charge is 0.238 e. The van der Waals surface area contributed by atoms with Gasteiger partial charge in [0, 0.05) is 6.54 Å². The van der Waals surface area contributed by atoms with Gasteiger partial charge in [-0.3, -0.25) is 0 Å². The van der Waals surface area contributed by atoms with E-state index in [1.54, 1.807) is 24.5 Å². The summed E-state index contributed by atoms with van der Waals surface area (Å²) in [6, 6.07) is 9.82. The van der Waals surface area contributed by atoms with Gasteiger partial charge in [0.1, 0.15) is 5.52 Å². The van der Waals surface area contributed by atoms with E-state index in [9.17, 15) is 8.42 Å². The van der Waals surface area contributed by atoms with Gasteiger partial charge in [0.05, 0.1) is 11.2 Å². The minimum Gasteiger partial charge on any atom is -0.462 e. The summed E-state index contributed by atoms with van der Waals surface area (Å²) in [5, 5.41) is 8.83. The van der Waals surface area contributed by atoms with E-state index in [-0.39, 0.29) is 10.7 Å². The Labute approximate surface area is 158 Å². The highest BCUT2D eigenvalue weighted by Gasteiger charge is 2.14. The third-order valence-electron chi connectivity index (χ3n) is 3.72. The van der Waals surface area contributed by atoms with E-state index in [0.29, 0.717) is 33.6 Å². The number of benzene rings is 1. The zero-order valence-corrected chi connectivity index (χ0v) is 15.4. The number of primary sulfonamides is 1. The van der Waals surface area contributed by atoms with E-state index in [1.165, 1.54) is 23.5 Å². The number of nitrogens with zero attached hydrogens (tertiary/aromatic N) is 3. The maximum atomic E-state index is 11.3. The molecule has 138 valence electrons. The predicted molar refractivity (Wildman–Crippen MR) is 102 cm³/mol. The Balaban J connectivity index is 1.55.